The molecule has 300 valence electrons. The number of aromatic amines is 3. The minimum Gasteiger partial charge on any atom is -0.453 e. The molecule has 17 nitrogen and oxygen atoms in total. The first-order valence-electron chi connectivity index (χ1n) is 19.2. The highest BCUT2D eigenvalue weighted by Crippen LogP contribution is 2.36. The molecule has 7 rings (SSSR count). The second-order valence-electron chi connectivity index (χ2n) is 14.6. The van der Waals surface area contributed by atoms with Gasteiger partial charge in [-0.05, 0) is 53.9 Å². The highest BCUT2D eigenvalue weighted by Gasteiger charge is 2.38. The molecule has 0 bridgehead atoms. The number of aromatic nitrogens is 7. The zero-order chi connectivity index (χ0) is 39.9. The first kappa shape index (κ1) is 39.3. The molecule has 2 amide bonds. The zero-order valence-corrected chi connectivity index (χ0v) is 32.5. The molecule has 2 aliphatic heterocycles. The van der Waals surface area contributed by atoms with Crippen LogP contribution in [0.5, 0.6) is 0 Å². The number of nitrogens with one attached hydrogen (secondary N) is 4. The fraction of sp³-hybridized carbons (Fsp3) is 0.425. The van der Waals surface area contributed by atoms with Gasteiger partial charge in [-0.1, -0.05) is 67.6 Å². The first-order valence-corrected chi connectivity index (χ1v) is 19.2. The number of methoxy groups -OCH3 is 1. The maximum Gasteiger partial charge on any atom is 0.407 e. The van der Waals surface area contributed by atoms with E-state index in [1.165, 1.54) is 20.6 Å². The van der Waals surface area contributed by atoms with Gasteiger partial charge in [0.1, 0.15) is 23.9 Å². The van der Waals surface area contributed by atoms with Crippen LogP contribution in [-0.2, 0) is 25.7 Å². The Morgan fingerprint density at radius 1 is 0.912 bits per heavy atom. The molecule has 2 fully saturated rings. The molecule has 0 spiro atoms. The second-order valence-corrected chi connectivity index (χ2v) is 14.6. The number of aliphatic hydroxyl groups is 1. The molecule has 2 aromatic carbocycles. The summed E-state index contributed by atoms with van der Waals surface area (Å²) in [5.41, 5.74) is 6.46. The topological polar surface area (TPSA) is 212 Å². The number of hydrogen-bond donors (Lipinski definition) is 5. The Labute approximate surface area is 330 Å². The lowest BCUT2D eigenvalue weighted by atomic mass is 10.0. The molecule has 5 N–H and O–H groups in total. The lowest BCUT2D eigenvalue weighted by Crippen LogP contribution is -2.52. The molecule has 17 heteroatoms. The molecule has 5 aromatic rings. The summed E-state index contributed by atoms with van der Waals surface area (Å²) in [7, 11) is 2.68. The van der Waals surface area contributed by atoms with E-state index in [4.69, 9.17) is 19.6 Å². The van der Waals surface area contributed by atoms with Crippen LogP contribution in [0.15, 0.2) is 72.1 Å². The quantitative estimate of drug-likeness (QED) is 0.0414. The Morgan fingerprint density at radius 2 is 1.51 bits per heavy atom. The van der Waals surface area contributed by atoms with E-state index in [-0.39, 0.29) is 30.3 Å². The number of benzene rings is 2. The van der Waals surface area contributed by atoms with Crippen LogP contribution in [0.4, 0.5) is 4.79 Å². The van der Waals surface area contributed by atoms with Gasteiger partial charge in [0.15, 0.2) is 0 Å². The van der Waals surface area contributed by atoms with Crippen LogP contribution in [0.2, 0.25) is 0 Å². The molecule has 1 unspecified atom stereocenters. The van der Waals surface area contributed by atoms with Crippen LogP contribution in [0, 0.1) is 5.92 Å². The van der Waals surface area contributed by atoms with Crippen molar-refractivity contribution in [3.63, 3.8) is 0 Å². The number of imidazole rings is 2. The van der Waals surface area contributed by atoms with Crippen molar-refractivity contribution in [2.75, 3.05) is 27.3 Å². The van der Waals surface area contributed by atoms with Crippen LogP contribution < -0.4 is 5.32 Å². The number of nitrogens with zero attached hydrogens (tertiary/aromatic N) is 7. The Kier molecular flexibility index (Phi) is 12.4. The number of rotatable bonds is 15. The van der Waals surface area contributed by atoms with Crippen molar-refractivity contribution in [2.45, 2.75) is 76.3 Å². The average molecular weight is 780 g/mol. The lowest BCUT2D eigenvalue weighted by molar-refractivity contribution is -0.188. The van der Waals surface area contributed by atoms with E-state index in [0.717, 1.165) is 71.0 Å². The largest absolute Gasteiger partial charge is 0.453 e. The number of likely N-dealkylation sites (tertiary alicyclic amines) is 2. The van der Waals surface area contributed by atoms with Crippen LogP contribution in [0.1, 0.15) is 69.0 Å². The number of carbonyl (C=O) groups excluding carboxylic acids is 2. The van der Waals surface area contributed by atoms with Gasteiger partial charge >= 0.3 is 6.09 Å². The molecule has 3 aromatic heterocycles. The maximum atomic E-state index is 13.5. The van der Waals surface area contributed by atoms with Crippen LogP contribution in [0.3, 0.4) is 0 Å². The van der Waals surface area contributed by atoms with Gasteiger partial charge in [-0.15, -0.1) is 5.10 Å². The summed E-state index contributed by atoms with van der Waals surface area (Å²) >= 11 is 0. The molecule has 57 heavy (non-hydrogen) atoms. The third-order valence-corrected chi connectivity index (χ3v) is 10.7. The smallest absolute Gasteiger partial charge is 0.407 e. The number of aliphatic hydroxyl groups excluding tert-OH is 1. The summed E-state index contributed by atoms with van der Waals surface area (Å²) < 4.78 is 4.82. The molecule has 0 radical (unpaired) electrons. The molecule has 5 atom stereocenters. The number of aliphatic imine (C=N–C) groups is 1. The van der Waals surface area contributed by atoms with E-state index >= 15 is 0 Å². The van der Waals surface area contributed by atoms with E-state index in [1.54, 1.807) is 6.20 Å². The summed E-state index contributed by atoms with van der Waals surface area (Å²) in [6, 6.07) is 15.0. The van der Waals surface area contributed by atoms with Crippen molar-refractivity contribution in [2.24, 2.45) is 10.9 Å². The van der Waals surface area contributed by atoms with Gasteiger partial charge in [0.25, 0.3) is 0 Å². The van der Waals surface area contributed by atoms with Gasteiger partial charge < -0.3 is 34.9 Å². The summed E-state index contributed by atoms with van der Waals surface area (Å²) in [6.45, 7) is 5.20. The third-order valence-electron chi connectivity index (χ3n) is 10.7. The van der Waals surface area contributed by atoms with Gasteiger partial charge in [-0.2, -0.15) is 4.89 Å². The number of ether oxygens (including phenoxy) is 1. The van der Waals surface area contributed by atoms with Crippen molar-refractivity contribution in [1.29, 1.82) is 0 Å². The first-order chi connectivity index (χ1) is 27.7. The predicted molar refractivity (Wildman–Crippen MR) is 210 cm³/mol. The minimum absolute atomic E-state index is 0.0126. The van der Waals surface area contributed by atoms with E-state index in [9.17, 15) is 14.7 Å². The number of amides is 2. The monoisotopic (exact) mass is 779 g/mol. The standard InChI is InChI=1S/C40H49N11O6/c1-24(2)35(43-23-57-56-4)39(53)51-18-6-8-34(51)37-42-22-32(46-37)28-15-11-26(12-16-28)25-9-13-27(14-10-25)31-21-41-36(45-31)33-7-5-17-50(33)38(52)30(47-40(54)55-3)19-29-20-44-49-48-29/h9-16,20-24,30,33-35,38,52H,5-8,17-19H2,1-4H3,(H,41,45)(H,42,46)(H,47,54)(H,44,48,49)/b43-23-/t30-,33+,34+,35+,38?/m1/s1. The fourth-order valence-electron chi connectivity index (χ4n) is 7.75. The van der Waals surface area contributed by atoms with Crippen LogP contribution >= 0.6 is 0 Å². The predicted octanol–water partition coefficient (Wildman–Crippen LogP) is 4.97. The van der Waals surface area contributed by atoms with E-state index in [0.29, 0.717) is 18.8 Å². The summed E-state index contributed by atoms with van der Waals surface area (Å²) in [5, 5.41) is 24.7. The SMILES string of the molecule is COO/C=N\[C@H](C(=O)N1CCC[C@H]1c1ncc(-c2ccc(-c3ccc(-c4cnc([C@@H]5CCCN5C(O)[C@@H](Cc5c[nH]nn5)NC(=O)OC)[nH]4)cc3)cc2)[nH]1)C(C)C. The summed E-state index contributed by atoms with van der Waals surface area (Å²) in [5.74, 6) is 1.44. The number of alkyl carbamates (subject to hydrolysis) is 1. The van der Waals surface area contributed by atoms with Crippen molar-refractivity contribution < 1.29 is 29.2 Å². The Hall–Kier alpha value is -5.91. The Balaban J connectivity index is 0.995. The van der Waals surface area contributed by atoms with Crippen molar-refractivity contribution >= 4 is 18.4 Å². The molecule has 0 aliphatic carbocycles. The summed E-state index contributed by atoms with van der Waals surface area (Å²) in [6.07, 6.45) is 8.44. The van der Waals surface area contributed by atoms with Crippen LogP contribution in [-0.4, -0.2) is 114 Å². The Bertz CT molecular complexity index is 2100. The number of carbonyl (C=O) groups is 2. The van der Waals surface area contributed by atoms with Gasteiger partial charge in [-0.25, -0.2) is 19.8 Å². The van der Waals surface area contributed by atoms with Crippen molar-refractivity contribution in [1.82, 2.24) is 50.5 Å². The molecule has 2 aliphatic rings. The molecule has 5 heterocycles. The molecule has 0 saturated carbocycles. The maximum absolute atomic E-state index is 13.5. The average Bonchev–Trinajstić information content (AvgIpc) is 4.08. The molecular weight excluding hydrogens is 731 g/mol. The summed E-state index contributed by atoms with van der Waals surface area (Å²) in [4.78, 5) is 59.6. The number of H-pyrrole nitrogens is 3. The Morgan fingerprint density at radius 3 is 2.09 bits per heavy atom. The molecule has 2 saturated heterocycles. The highest BCUT2D eigenvalue weighted by atomic mass is 17.2. The zero-order valence-electron chi connectivity index (χ0n) is 32.5. The minimum atomic E-state index is -1.01. The van der Waals surface area contributed by atoms with Gasteiger partial charge in [0.05, 0.1) is 61.8 Å². The molecular formula is C40H49N11O6. The van der Waals surface area contributed by atoms with Crippen molar-refractivity contribution in [3.05, 3.63) is 84.5 Å². The fourth-order valence-corrected chi connectivity index (χ4v) is 7.75. The second kappa shape index (κ2) is 17.9. The third kappa shape index (κ3) is 8.90. The lowest BCUT2D eigenvalue weighted by Gasteiger charge is -2.33. The van der Waals surface area contributed by atoms with Gasteiger partial charge in [0.2, 0.25) is 12.3 Å². The normalized spacial score (nSPS) is 18.9. The van der Waals surface area contributed by atoms with Crippen molar-refractivity contribution in [3.8, 4) is 33.6 Å². The van der Waals surface area contributed by atoms with E-state index in [2.05, 4.69) is 89.1 Å². The van der Waals surface area contributed by atoms with E-state index in [1.807, 2.05) is 36.0 Å². The van der Waals surface area contributed by atoms with E-state index < -0.39 is 24.4 Å². The van der Waals surface area contributed by atoms with Gasteiger partial charge in [0, 0.05) is 25.7 Å². The van der Waals surface area contributed by atoms with Gasteiger partial charge in [-0.3, -0.25) is 14.8 Å². The van der Waals surface area contributed by atoms with Crippen LogP contribution in [0.25, 0.3) is 33.6 Å². The number of hydrogen-bond acceptors (Lipinski definition) is 12. The highest BCUT2D eigenvalue weighted by molar-refractivity contribution is 5.84.